The first-order chi connectivity index (χ1) is 8.10. The lowest BCUT2D eigenvalue weighted by Gasteiger charge is -2.10. The molecule has 1 aliphatic heterocycles. The molecule has 3 N–H and O–H groups in total. The van der Waals surface area contributed by atoms with Crippen molar-refractivity contribution in [2.45, 2.75) is 38.5 Å². The van der Waals surface area contributed by atoms with Crippen molar-refractivity contribution in [2.75, 3.05) is 5.32 Å². The zero-order chi connectivity index (χ0) is 12.4. The number of carbonyl (C=O) groups excluding carboxylic acids is 1. The summed E-state index contributed by atoms with van der Waals surface area (Å²) in [7, 11) is 1.79. The van der Waals surface area contributed by atoms with Crippen molar-refractivity contribution in [3.63, 3.8) is 0 Å². The molecule has 6 nitrogen and oxygen atoms in total. The molecule has 0 spiro atoms. The summed E-state index contributed by atoms with van der Waals surface area (Å²) in [5.74, 6) is 0.394. The van der Waals surface area contributed by atoms with Crippen LogP contribution in [-0.4, -0.2) is 27.9 Å². The Morgan fingerprint density at radius 3 is 3.06 bits per heavy atom. The number of nitrogens with one attached hydrogen (secondary N) is 1. The third-order valence-electron chi connectivity index (χ3n) is 2.89. The molecular weight excluding hydrogens is 220 g/mol. The first kappa shape index (κ1) is 12.1. The molecular formula is C11H18N4O2. The van der Waals surface area contributed by atoms with Crippen molar-refractivity contribution in [2.24, 2.45) is 12.8 Å². The predicted molar refractivity (Wildman–Crippen MR) is 63.3 cm³/mol. The third kappa shape index (κ3) is 2.65. The van der Waals surface area contributed by atoms with Gasteiger partial charge in [0.1, 0.15) is 6.10 Å². The highest BCUT2D eigenvalue weighted by atomic mass is 16.5. The Morgan fingerprint density at radius 2 is 2.47 bits per heavy atom. The van der Waals surface area contributed by atoms with Gasteiger partial charge in [-0.2, -0.15) is 5.10 Å². The summed E-state index contributed by atoms with van der Waals surface area (Å²) in [6, 6.07) is 0. The molecule has 1 amide bonds. The zero-order valence-corrected chi connectivity index (χ0v) is 10.1. The van der Waals surface area contributed by atoms with Gasteiger partial charge in [-0.05, 0) is 19.8 Å². The Bertz CT molecular complexity index is 416. The monoisotopic (exact) mass is 238 g/mol. The predicted octanol–water partition coefficient (Wildman–Crippen LogP) is 0.385. The van der Waals surface area contributed by atoms with Gasteiger partial charge < -0.3 is 15.8 Å². The number of anilines is 1. The molecule has 2 atom stereocenters. The van der Waals surface area contributed by atoms with Gasteiger partial charge in [0.2, 0.25) is 0 Å². The number of ether oxygens (including phenoxy) is 1. The third-order valence-corrected chi connectivity index (χ3v) is 2.89. The van der Waals surface area contributed by atoms with Gasteiger partial charge in [0.05, 0.1) is 6.10 Å². The van der Waals surface area contributed by atoms with Crippen LogP contribution in [0.4, 0.5) is 5.82 Å². The number of nitrogens with two attached hydrogens (primary N) is 1. The van der Waals surface area contributed by atoms with E-state index in [9.17, 15) is 4.79 Å². The van der Waals surface area contributed by atoms with Crippen LogP contribution in [0.3, 0.4) is 0 Å². The van der Waals surface area contributed by atoms with E-state index in [0.29, 0.717) is 12.4 Å². The number of hydrogen-bond acceptors (Lipinski definition) is 4. The molecule has 1 saturated heterocycles. The van der Waals surface area contributed by atoms with Crippen LogP contribution < -0.4 is 11.1 Å². The second-order valence-corrected chi connectivity index (χ2v) is 4.38. The van der Waals surface area contributed by atoms with Crippen molar-refractivity contribution in [1.29, 1.82) is 0 Å². The lowest BCUT2D eigenvalue weighted by Crippen LogP contribution is -2.28. The van der Waals surface area contributed by atoms with Gasteiger partial charge in [-0.25, -0.2) is 0 Å². The minimum Gasteiger partial charge on any atom is -0.365 e. The van der Waals surface area contributed by atoms with E-state index in [1.54, 1.807) is 17.9 Å². The van der Waals surface area contributed by atoms with Crippen LogP contribution >= 0.6 is 0 Å². The second-order valence-electron chi connectivity index (χ2n) is 4.38. The molecule has 1 aromatic rings. The minimum atomic E-state index is -0.363. The highest BCUT2D eigenvalue weighted by Crippen LogP contribution is 2.21. The fourth-order valence-electron chi connectivity index (χ4n) is 1.98. The molecule has 2 rings (SSSR count). The topological polar surface area (TPSA) is 82.2 Å². The smallest absolute Gasteiger partial charge is 0.254 e. The minimum absolute atomic E-state index is 0.136. The first-order valence-electron chi connectivity index (χ1n) is 5.79. The molecule has 1 aliphatic rings. The molecule has 94 valence electrons. The van der Waals surface area contributed by atoms with Gasteiger partial charge in [0, 0.05) is 25.4 Å². The van der Waals surface area contributed by atoms with Crippen LogP contribution in [0, 0.1) is 0 Å². The Hall–Kier alpha value is -1.40. The van der Waals surface area contributed by atoms with Crippen LogP contribution in [0.15, 0.2) is 6.20 Å². The fraction of sp³-hybridized carbons (Fsp3) is 0.636. The van der Waals surface area contributed by atoms with Gasteiger partial charge in [0.25, 0.3) is 5.91 Å². The Labute approximate surface area is 100 Å². The van der Waals surface area contributed by atoms with E-state index in [4.69, 9.17) is 10.5 Å². The normalized spacial score (nSPS) is 23.9. The molecule has 0 saturated carbocycles. The lowest BCUT2D eigenvalue weighted by molar-refractivity contribution is -0.126. The molecule has 2 unspecified atom stereocenters. The van der Waals surface area contributed by atoms with Gasteiger partial charge >= 0.3 is 0 Å². The molecule has 0 aliphatic carbocycles. The number of rotatable bonds is 3. The van der Waals surface area contributed by atoms with E-state index >= 15 is 0 Å². The van der Waals surface area contributed by atoms with Crippen LogP contribution in [0.5, 0.6) is 0 Å². The van der Waals surface area contributed by atoms with Crippen LogP contribution in [0.1, 0.15) is 25.3 Å². The van der Waals surface area contributed by atoms with E-state index in [2.05, 4.69) is 10.4 Å². The molecule has 6 heteroatoms. The average Bonchev–Trinajstić information content (AvgIpc) is 2.85. The summed E-state index contributed by atoms with van der Waals surface area (Å²) in [5, 5.41) is 6.93. The van der Waals surface area contributed by atoms with Gasteiger partial charge in [-0.15, -0.1) is 0 Å². The van der Waals surface area contributed by atoms with Crippen molar-refractivity contribution < 1.29 is 9.53 Å². The van der Waals surface area contributed by atoms with Gasteiger partial charge in [0.15, 0.2) is 5.82 Å². The summed E-state index contributed by atoms with van der Waals surface area (Å²) in [6.45, 7) is 2.32. The molecule has 17 heavy (non-hydrogen) atoms. The maximum absolute atomic E-state index is 11.9. The lowest BCUT2D eigenvalue weighted by atomic mass is 10.2. The number of hydrogen-bond donors (Lipinski definition) is 2. The molecule has 1 aromatic heterocycles. The number of aryl methyl sites for hydroxylation is 1. The van der Waals surface area contributed by atoms with E-state index < -0.39 is 0 Å². The summed E-state index contributed by atoms with van der Waals surface area (Å²) in [4.78, 5) is 11.9. The van der Waals surface area contributed by atoms with Crippen molar-refractivity contribution in [3.8, 4) is 0 Å². The molecule has 0 aromatic carbocycles. The summed E-state index contributed by atoms with van der Waals surface area (Å²) in [6.07, 6.45) is 3.27. The average molecular weight is 238 g/mol. The van der Waals surface area contributed by atoms with E-state index in [0.717, 1.165) is 18.4 Å². The summed E-state index contributed by atoms with van der Waals surface area (Å²) < 4.78 is 7.13. The van der Waals surface area contributed by atoms with Gasteiger partial charge in [-0.1, -0.05) is 0 Å². The molecule has 1 fully saturated rings. The largest absolute Gasteiger partial charge is 0.365 e. The highest BCUT2D eigenvalue weighted by Gasteiger charge is 2.28. The van der Waals surface area contributed by atoms with E-state index in [1.165, 1.54) is 0 Å². The molecule has 2 heterocycles. The number of aromatic nitrogens is 2. The maximum Gasteiger partial charge on any atom is 0.254 e. The molecule has 0 radical (unpaired) electrons. The van der Waals surface area contributed by atoms with Crippen molar-refractivity contribution in [1.82, 2.24) is 9.78 Å². The summed E-state index contributed by atoms with van der Waals surface area (Å²) in [5.41, 5.74) is 6.41. The number of amides is 1. The fourth-order valence-corrected chi connectivity index (χ4v) is 1.98. The highest BCUT2D eigenvalue weighted by molar-refractivity contribution is 5.94. The zero-order valence-electron chi connectivity index (χ0n) is 10.1. The number of carbonyl (C=O) groups is 1. The SMILES string of the molecule is CC1CCC(C(=O)Nc2nn(C)cc2CN)O1. The number of nitrogens with zero attached hydrogens (tertiary/aromatic N) is 2. The van der Waals surface area contributed by atoms with Gasteiger partial charge in [-0.3, -0.25) is 9.48 Å². The quantitative estimate of drug-likeness (QED) is 0.797. The van der Waals surface area contributed by atoms with Crippen molar-refractivity contribution >= 4 is 11.7 Å². The second kappa shape index (κ2) is 4.85. The molecule has 0 bridgehead atoms. The first-order valence-corrected chi connectivity index (χ1v) is 5.79. The van der Waals surface area contributed by atoms with Crippen molar-refractivity contribution in [3.05, 3.63) is 11.8 Å². The Kier molecular flexibility index (Phi) is 3.44. The standard InChI is InChI=1S/C11H18N4O2/c1-7-3-4-9(17-7)11(16)13-10-8(5-12)6-15(2)14-10/h6-7,9H,3-5,12H2,1-2H3,(H,13,14,16). The van der Waals surface area contributed by atoms with Crippen LogP contribution in [0.2, 0.25) is 0 Å². The Balaban J connectivity index is 2.02. The maximum atomic E-state index is 11.9. The summed E-state index contributed by atoms with van der Waals surface area (Å²) >= 11 is 0. The van der Waals surface area contributed by atoms with Crippen LogP contribution in [0.25, 0.3) is 0 Å². The van der Waals surface area contributed by atoms with E-state index in [-0.39, 0.29) is 18.1 Å². The Morgan fingerprint density at radius 1 is 1.71 bits per heavy atom. The van der Waals surface area contributed by atoms with Crippen LogP contribution in [-0.2, 0) is 23.1 Å². The van der Waals surface area contributed by atoms with E-state index in [1.807, 2.05) is 6.92 Å².